The average Bonchev–Trinajstić information content (AvgIpc) is 2.43. The molecule has 1 fully saturated rings. The molecule has 6 nitrogen and oxygen atoms in total. The second-order valence-corrected chi connectivity index (χ2v) is 5.44. The van der Waals surface area contributed by atoms with Crippen LogP contribution in [-0.4, -0.2) is 29.2 Å². The van der Waals surface area contributed by atoms with E-state index in [1.165, 1.54) is 6.07 Å². The van der Waals surface area contributed by atoms with E-state index in [1.54, 1.807) is 19.1 Å². The molecule has 0 radical (unpaired) electrons. The number of benzene rings is 1. The molecular weight excluding hydrogens is 270 g/mol. The van der Waals surface area contributed by atoms with Crippen LogP contribution in [0.2, 0.25) is 0 Å². The lowest BCUT2D eigenvalue weighted by Gasteiger charge is -2.29. The molecular formula is C15H21N3O3. The highest BCUT2D eigenvalue weighted by molar-refractivity contribution is 5.95. The van der Waals surface area contributed by atoms with Crippen LogP contribution in [0.4, 0.5) is 10.5 Å². The number of nitrogens with one attached hydrogen (secondary N) is 2. The van der Waals surface area contributed by atoms with Gasteiger partial charge in [-0.2, -0.15) is 0 Å². The molecule has 6 heteroatoms. The Morgan fingerprint density at radius 1 is 1.29 bits per heavy atom. The maximum atomic E-state index is 12.0. The molecule has 0 spiro atoms. The van der Waals surface area contributed by atoms with Crippen molar-refractivity contribution < 1.29 is 14.7 Å². The maximum Gasteiger partial charge on any atom is 0.336 e. The van der Waals surface area contributed by atoms with Crippen LogP contribution in [0.5, 0.6) is 0 Å². The molecule has 2 rings (SSSR count). The first-order valence-corrected chi connectivity index (χ1v) is 7.15. The van der Waals surface area contributed by atoms with E-state index >= 15 is 0 Å². The summed E-state index contributed by atoms with van der Waals surface area (Å²) in [6.07, 6.45) is 3.95. The van der Waals surface area contributed by atoms with Crippen LogP contribution in [0.1, 0.15) is 41.6 Å². The van der Waals surface area contributed by atoms with Gasteiger partial charge in [-0.25, -0.2) is 9.59 Å². The van der Waals surface area contributed by atoms with Crippen LogP contribution in [-0.2, 0) is 0 Å². The zero-order valence-electron chi connectivity index (χ0n) is 12.1. The van der Waals surface area contributed by atoms with E-state index in [-0.39, 0.29) is 23.7 Å². The number of rotatable bonds is 3. The number of amides is 2. The molecule has 114 valence electrons. The van der Waals surface area contributed by atoms with Gasteiger partial charge in [-0.3, -0.25) is 0 Å². The van der Waals surface area contributed by atoms with E-state index in [0.29, 0.717) is 11.3 Å². The van der Waals surface area contributed by atoms with Gasteiger partial charge in [0.05, 0.1) is 5.56 Å². The van der Waals surface area contributed by atoms with Gasteiger partial charge in [0.15, 0.2) is 0 Å². The first-order valence-electron chi connectivity index (χ1n) is 7.15. The summed E-state index contributed by atoms with van der Waals surface area (Å²) in [5, 5.41) is 14.7. The molecule has 1 saturated carbocycles. The quantitative estimate of drug-likeness (QED) is 0.684. The Bertz CT molecular complexity index is 545. The Kier molecular flexibility index (Phi) is 4.80. The van der Waals surface area contributed by atoms with Crippen molar-refractivity contribution in [3.05, 3.63) is 29.3 Å². The predicted octanol–water partition coefficient (Wildman–Crippen LogP) is 2.08. The lowest BCUT2D eigenvalue weighted by atomic mass is 9.91. The van der Waals surface area contributed by atoms with Crippen molar-refractivity contribution in [2.45, 2.75) is 44.7 Å². The number of carboxylic acid groups (broad SMARTS) is 1. The largest absolute Gasteiger partial charge is 0.478 e. The van der Waals surface area contributed by atoms with Gasteiger partial charge in [-0.1, -0.05) is 18.9 Å². The predicted molar refractivity (Wildman–Crippen MR) is 80.5 cm³/mol. The van der Waals surface area contributed by atoms with Crippen molar-refractivity contribution >= 4 is 17.7 Å². The Morgan fingerprint density at radius 2 is 2.00 bits per heavy atom. The smallest absolute Gasteiger partial charge is 0.336 e. The molecule has 0 aromatic heterocycles. The summed E-state index contributed by atoms with van der Waals surface area (Å²) in [6.45, 7) is 1.67. The van der Waals surface area contributed by atoms with Gasteiger partial charge >= 0.3 is 12.0 Å². The molecule has 1 aromatic rings. The minimum Gasteiger partial charge on any atom is -0.478 e. The van der Waals surface area contributed by atoms with Crippen molar-refractivity contribution in [1.29, 1.82) is 0 Å². The van der Waals surface area contributed by atoms with Crippen molar-refractivity contribution in [1.82, 2.24) is 5.32 Å². The van der Waals surface area contributed by atoms with E-state index in [1.807, 2.05) is 0 Å². The highest BCUT2D eigenvalue weighted by Crippen LogP contribution is 2.20. The summed E-state index contributed by atoms with van der Waals surface area (Å²) in [5.74, 6) is -1.01. The van der Waals surface area contributed by atoms with Crippen LogP contribution in [0.25, 0.3) is 0 Å². The fourth-order valence-corrected chi connectivity index (χ4v) is 2.67. The first kappa shape index (κ1) is 15.3. The molecule has 2 unspecified atom stereocenters. The van der Waals surface area contributed by atoms with Gasteiger partial charge in [0, 0.05) is 17.8 Å². The molecule has 1 aromatic carbocycles. The number of anilines is 1. The number of carboxylic acids is 1. The monoisotopic (exact) mass is 291 g/mol. The molecule has 1 aliphatic rings. The first-order chi connectivity index (χ1) is 9.99. The van der Waals surface area contributed by atoms with Crippen molar-refractivity contribution in [2.24, 2.45) is 5.73 Å². The Hall–Kier alpha value is -2.08. The molecule has 2 amide bonds. The third-order valence-corrected chi connectivity index (χ3v) is 3.95. The molecule has 5 N–H and O–H groups in total. The van der Waals surface area contributed by atoms with Gasteiger partial charge in [0.2, 0.25) is 0 Å². The van der Waals surface area contributed by atoms with Crippen LogP contribution >= 0.6 is 0 Å². The second-order valence-electron chi connectivity index (χ2n) is 5.44. The average molecular weight is 291 g/mol. The number of carbonyl (C=O) groups excluding carboxylic acids is 1. The number of hydrogen-bond acceptors (Lipinski definition) is 3. The van der Waals surface area contributed by atoms with Crippen molar-refractivity contribution in [2.75, 3.05) is 5.32 Å². The number of hydrogen-bond donors (Lipinski definition) is 4. The standard InChI is InChI=1S/C15H21N3O3/c1-9-10(14(19)20)5-4-8-12(9)17-15(21)18-13-7-3-2-6-11(13)16/h4-5,8,11,13H,2-3,6-7,16H2,1H3,(H,19,20)(H2,17,18,21). The van der Waals surface area contributed by atoms with Gasteiger partial charge < -0.3 is 21.5 Å². The van der Waals surface area contributed by atoms with Crippen molar-refractivity contribution in [3.8, 4) is 0 Å². The number of aromatic carboxylic acids is 1. The van der Waals surface area contributed by atoms with Crippen LogP contribution in [0.15, 0.2) is 18.2 Å². The zero-order chi connectivity index (χ0) is 15.4. The third-order valence-electron chi connectivity index (χ3n) is 3.95. The maximum absolute atomic E-state index is 12.0. The minimum atomic E-state index is -1.01. The van der Waals surface area contributed by atoms with E-state index in [9.17, 15) is 9.59 Å². The number of urea groups is 1. The third kappa shape index (κ3) is 3.72. The van der Waals surface area contributed by atoms with Crippen LogP contribution in [0, 0.1) is 6.92 Å². The Labute approximate surface area is 123 Å². The van der Waals surface area contributed by atoms with E-state index in [0.717, 1.165) is 25.7 Å². The summed E-state index contributed by atoms with van der Waals surface area (Å²) < 4.78 is 0. The van der Waals surface area contributed by atoms with E-state index in [4.69, 9.17) is 10.8 Å². The topological polar surface area (TPSA) is 104 Å². The summed E-state index contributed by atoms with van der Waals surface area (Å²) in [5.41, 5.74) is 7.21. The highest BCUT2D eigenvalue weighted by Gasteiger charge is 2.23. The van der Waals surface area contributed by atoms with Gasteiger partial charge in [-0.15, -0.1) is 0 Å². The summed E-state index contributed by atoms with van der Waals surface area (Å²) >= 11 is 0. The fourth-order valence-electron chi connectivity index (χ4n) is 2.67. The minimum absolute atomic E-state index is 0.0176. The molecule has 0 heterocycles. The highest BCUT2D eigenvalue weighted by atomic mass is 16.4. The van der Waals surface area contributed by atoms with Gasteiger partial charge in [-0.05, 0) is 37.5 Å². The SMILES string of the molecule is Cc1c(NC(=O)NC2CCCCC2N)cccc1C(=O)O. The van der Waals surface area contributed by atoms with Gasteiger partial charge in [0.25, 0.3) is 0 Å². The fraction of sp³-hybridized carbons (Fsp3) is 0.467. The summed E-state index contributed by atoms with van der Waals surface area (Å²) in [7, 11) is 0. The molecule has 2 atom stereocenters. The molecule has 1 aliphatic carbocycles. The zero-order valence-corrected chi connectivity index (χ0v) is 12.1. The molecule has 0 saturated heterocycles. The second kappa shape index (κ2) is 6.58. The number of carbonyl (C=O) groups is 2. The molecule has 0 aliphatic heterocycles. The lowest BCUT2D eigenvalue weighted by Crippen LogP contribution is -2.50. The summed E-state index contributed by atoms with van der Waals surface area (Å²) in [6, 6.07) is 4.42. The Balaban J connectivity index is 2.02. The van der Waals surface area contributed by atoms with Crippen LogP contribution < -0.4 is 16.4 Å². The number of nitrogens with two attached hydrogens (primary N) is 1. The van der Waals surface area contributed by atoms with Crippen LogP contribution in [0.3, 0.4) is 0 Å². The lowest BCUT2D eigenvalue weighted by molar-refractivity contribution is 0.0696. The molecule has 21 heavy (non-hydrogen) atoms. The molecule has 0 bridgehead atoms. The van der Waals surface area contributed by atoms with E-state index in [2.05, 4.69) is 10.6 Å². The summed E-state index contributed by atoms with van der Waals surface area (Å²) in [4.78, 5) is 23.1. The van der Waals surface area contributed by atoms with Gasteiger partial charge in [0.1, 0.15) is 0 Å². The Morgan fingerprint density at radius 3 is 2.67 bits per heavy atom. The normalized spacial score (nSPS) is 21.6. The van der Waals surface area contributed by atoms with Crippen molar-refractivity contribution in [3.63, 3.8) is 0 Å². The van der Waals surface area contributed by atoms with E-state index < -0.39 is 5.97 Å².